The van der Waals surface area contributed by atoms with Crippen LogP contribution in [-0.4, -0.2) is 35.1 Å². The van der Waals surface area contributed by atoms with Crippen LogP contribution in [0.2, 0.25) is 0 Å². The Balaban J connectivity index is 1.23. The van der Waals surface area contributed by atoms with E-state index in [2.05, 4.69) is 66.6 Å². The van der Waals surface area contributed by atoms with Gasteiger partial charge in [-0.15, -0.1) is 11.3 Å². The molecule has 196 valence electrons. The number of rotatable bonds is 7. The van der Waals surface area contributed by atoms with E-state index in [4.69, 9.17) is 4.98 Å². The van der Waals surface area contributed by atoms with Crippen molar-refractivity contribution in [2.45, 2.75) is 20.0 Å². The van der Waals surface area contributed by atoms with E-state index in [1.54, 1.807) is 36.1 Å². The lowest BCUT2D eigenvalue weighted by atomic mass is 10.1. The van der Waals surface area contributed by atoms with Gasteiger partial charge in [0, 0.05) is 52.6 Å². The highest BCUT2D eigenvalue weighted by molar-refractivity contribution is 7.15. The van der Waals surface area contributed by atoms with E-state index in [-0.39, 0.29) is 5.69 Å². The van der Waals surface area contributed by atoms with Gasteiger partial charge in [0.2, 0.25) is 0 Å². The topological polar surface area (TPSA) is 108 Å². The standard InChI is InChI=1S/C30H23FN8S/c1-17-7-8-23(40-17)21-9-10-34-29-27(21)36-30(37-29)28-24-22(38-39-28)16-35-26(25(24)31)20-11-19(14-33-15-20)13-32-12-18-5-3-2-4-6-18/h2-11,14-16,32H,12-13H2,1H3,(H,38,39)(H,34,36,37). The Labute approximate surface area is 232 Å². The van der Waals surface area contributed by atoms with Gasteiger partial charge < -0.3 is 10.3 Å². The van der Waals surface area contributed by atoms with Crippen LogP contribution in [0.25, 0.3) is 55.3 Å². The van der Waals surface area contributed by atoms with Crippen molar-refractivity contribution in [2.75, 3.05) is 0 Å². The van der Waals surface area contributed by atoms with Crippen LogP contribution < -0.4 is 5.32 Å². The number of halogens is 1. The van der Waals surface area contributed by atoms with E-state index in [1.807, 2.05) is 30.3 Å². The summed E-state index contributed by atoms with van der Waals surface area (Å²) < 4.78 is 16.1. The molecular formula is C30H23FN8S. The van der Waals surface area contributed by atoms with Crippen molar-refractivity contribution >= 4 is 33.4 Å². The van der Waals surface area contributed by atoms with E-state index in [0.717, 1.165) is 22.5 Å². The summed E-state index contributed by atoms with van der Waals surface area (Å²) in [7, 11) is 0. The van der Waals surface area contributed by atoms with E-state index < -0.39 is 5.82 Å². The zero-order valence-electron chi connectivity index (χ0n) is 21.4. The molecule has 0 spiro atoms. The maximum Gasteiger partial charge on any atom is 0.161 e. The minimum Gasteiger partial charge on any atom is -0.321 e. The Kier molecular flexibility index (Phi) is 6.10. The molecule has 0 fully saturated rings. The van der Waals surface area contributed by atoms with Gasteiger partial charge in [-0.3, -0.25) is 15.1 Å². The van der Waals surface area contributed by atoms with Crippen LogP contribution in [0.1, 0.15) is 16.0 Å². The zero-order valence-corrected chi connectivity index (χ0v) is 22.3. The molecule has 8 nitrogen and oxygen atoms in total. The zero-order chi connectivity index (χ0) is 27.1. The molecule has 7 aromatic rings. The van der Waals surface area contributed by atoms with Crippen molar-refractivity contribution < 1.29 is 4.39 Å². The summed E-state index contributed by atoms with van der Waals surface area (Å²) in [5.74, 6) is -0.0533. The number of pyridine rings is 3. The Hall–Kier alpha value is -4.80. The molecule has 7 rings (SSSR count). The largest absolute Gasteiger partial charge is 0.321 e. The van der Waals surface area contributed by atoms with Crippen molar-refractivity contribution in [1.82, 2.24) is 40.4 Å². The summed E-state index contributed by atoms with van der Waals surface area (Å²) >= 11 is 1.69. The second-order valence-electron chi connectivity index (χ2n) is 9.50. The summed E-state index contributed by atoms with van der Waals surface area (Å²) in [5.41, 5.74) is 6.07. The molecule has 0 amide bonds. The first-order valence-electron chi connectivity index (χ1n) is 12.8. The molecule has 1 aromatic carbocycles. The molecule has 0 saturated heterocycles. The third-order valence-electron chi connectivity index (χ3n) is 6.73. The molecule has 6 aromatic heterocycles. The van der Waals surface area contributed by atoms with E-state index >= 15 is 4.39 Å². The molecule has 0 radical (unpaired) electrons. The predicted octanol–water partition coefficient (Wildman–Crippen LogP) is 6.42. The number of aromatic nitrogens is 7. The predicted molar refractivity (Wildman–Crippen MR) is 155 cm³/mol. The fourth-order valence-electron chi connectivity index (χ4n) is 4.81. The molecule has 0 aliphatic rings. The molecule has 40 heavy (non-hydrogen) atoms. The number of hydrogen-bond acceptors (Lipinski definition) is 7. The average molecular weight is 547 g/mol. The van der Waals surface area contributed by atoms with Crippen molar-refractivity contribution in [2.24, 2.45) is 0 Å². The number of fused-ring (bicyclic) bond motifs is 2. The summed E-state index contributed by atoms with van der Waals surface area (Å²) in [4.78, 5) is 23.5. The summed E-state index contributed by atoms with van der Waals surface area (Å²) in [5, 5.41) is 11.0. The van der Waals surface area contributed by atoms with E-state index in [9.17, 15) is 0 Å². The van der Waals surface area contributed by atoms with Crippen LogP contribution in [-0.2, 0) is 13.1 Å². The Morgan fingerprint density at radius 1 is 0.925 bits per heavy atom. The molecule has 0 unspecified atom stereocenters. The molecule has 0 bridgehead atoms. The summed E-state index contributed by atoms with van der Waals surface area (Å²) in [6.07, 6.45) is 6.73. The lowest BCUT2D eigenvalue weighted by Gasteiger charge is -2.08. The molecule has 0 aliphatic heterocycles. The Morgan fingerprint density at radius 2 is 1.80 bits per heavy atom. The summed E-state index contributed by atoms with van der Waals surface area (Å²) in [6.45, 7) is 3.38. The quantitative estimate of drug-likeness (QED) is 0.213. The van der Waals surface area contributed by atoms with Gasteiger partial charge in [0.25, 0.3) is 0 Å². The van der Waals surface area contributed by atoms with Crippen LogP contribution in [0, 0.1) is 12.7 Å². The molecule has 0 saturated carbocycles. The van der Waals surface area contributed by atoms with Crippen molar-refractivity contribution in [3.63, 3.8) is 0 Å². The van der Waals surface area contributed by atoms with Gasteiger partial charge in [0.1, 0.15) is 16.9 Å². The molecule has 10 heteroatoms. The first kappa shape index (κ1) is 24.3. The number of H-pyrrole nitrogens is 2. The maximum absolute atomic E-state index is 16.1. The van der Waals surface area contributed by atoms with E-state index in [1.165, 1.54) is 10.4 Å². The van der Waals surface area contributed by atoms with E-state index in [0.29, 0.717) is 45.7 Å². The number of nitrogens with one attached hydrogen (secondary N) is 3. The lowest BCUT2D eigenvalue weighted by Crippen LogP contribution is -2.12. The van der Waals surface area contributed by atoms with Gasteiger partial charge in [-0.1, -0.05) is 30.3 Å². The van der Waals surface area contributed by atoms with Gasteiger partial charge in [-0.25, -0.2) is 14.4 Å². The number of benzene rings is 1. The van der Waals surface area contributed by atoms with Crippen molar-refractivity contribution in [3.8, 4) is 33.2 Å². The molecular weight excluding hydrogens is 523 g/mol. The van der Waals surface area contributed by atoms with Crippen LogP contribution in [0.5, 0.6) is 0 Å². The lowest BCUT2D eigenvalue weighted by molar-refractivity contribution is 0.638. The van der Waals surface area contributed by atoms with Gasteiger partial charge in [-0.05, 0) is 42.3 Å². The second-order valence-corrected chi connectivity index (χ2v) is 10.8. The highest BCUT2D eigenvalue weighted by Crippen LogP contribution is 2.35. The van der Waals surface area contributed by atoms with Gasteiger partial charge in [0.15, 0.2) is 17.3 Å². The van der Waals surface area contributed by atoms with Gasteiger partial charge >= 0.3 is 0 Å². The first-order valence-corrected chi connectivity index (χ1v) is 13.6. The Morgan fingerprint density at radius 3 is 2.65 bits per heavy atom. The fourth-order valence-corrected chi connectivity index (χ4v) is 5.70. The van der Waals surface area contributed by atoms with Gasteiger partial charge in [0.05, 0.1) is 17.1 Å². The van der Waals surface area contributed by atoms with Crippen LogP contribution in [0.15, 0.2) is 79.4 Å². The molecule has 3 N–H and O–H groups in total. The number of hydrogen-bond donors (Lipinski definition) is 3. The average Bonchev–Trinajstić information content (AvgIpc) is 3.72. The van der Waals surface area contributed by atoms with Crippen molar-refractivity contribution in [3.05, 3.63) is 101 Å². The van der Waals surface area contributed by atoms with Crippen LogP contribution >= 0.6 is 11.3 Å². The van der Waals surface area contributed by atoms with Crippen LogP contribution in [0.3, 0.4) is 0 Å². The minimum atomic E-state index is -0.486. The number of aryl methyl sites for hydroxylation is 1. The Bertz CT molecular complexity index is 1970. The summed E-state index contributed by atoms with van der Waals surface area (Å²) in [6, 6.07) is 18.2. The smallest absolute Gasteiger partial charge is 0.161 e. The molecule has 0 atom stereocenters. The number of aromatic amines is 2. The molecule has 6 heterocycles. The fraction of sp³-hybridized carbons (Fsp3) is 0.100. The maximum atomic E-state index is 16.1. The number of thiophene rings is 1. The highest BCUT2D eigenvalue weighted by Gasteiger charge is 2.22. The minimum absolute atomic E-state index is 0.205. The third-order valence-corrected chi connectivity index (χ3v) is 7.76. The SMILES string of the molecule is Cc1ccc(-c2ccnc3[nH]c(-c4n[nH]c5cnc(-c6cncc(CNCc7ccccc7)c6)c(F)c45)nc23)s1. The van der Waals surface area contributed by atoms with Gasteiger partial charge in [-0.2, -0.15) is 5.10 Å². The third kappa shape index (κ3) is 4.42. The first-order chi connectivity index (χ1) is 19.6. The van der Waals surface area contributed by atoms with Crippen LogP contribution in [0.4, 0.5) is 4.39 Å². The second kappa shape index (κ2) is 10.1. The van der Waals surface area contributed by atoms with Crippen molar-refractivity contribution in [1.29, 1.82) is 0 Å². The molecule has 0 aliphatic carbocycles. The monoisotopic (exact) mass is 546 g/mol. The number of nitrogens with zero attached hydrogens (tertiary/aromatic N) is 5. The highest BCUT2D eigenvalue weighted by atomic mass is 32.1. The number of imidazole rings is 1. The normalized spacial score (nSPS) is 11.6.